The standard InChI is InChI=1S/C16H11Cl2FN4O2/c17-10-1-4-15(20-8-10)21-16(24)14-5-6-23(22-14)9-25-11-2-3-13(19)12(18)7-11/h1-8H,9H2,(H,20,21,24). The van der Waals surface area contributed by atoms with E-state index in [0.717, 1.165) is 0 Å². The van der Waals surface area contributed by atoms with Crippen LogP contribution < -0.4 is 10.1 Å². The van der Waals surface area contributed by atoms with E-state index in [1.807, 2.05) is 0 Å². The molecule has 1 aromatic carbocycles. The number of aromatic nitrogens is 3. The number of carbonyl (C=O) groups excluding carboxylic acids is 1. The molecule has 0 aliphatic rings. The van der Waals surface area contributed by atoms with Crippen molar-refractivity contribution in [3.63, 3.8) is 0 Å². The Hall–Kier alpha value is -2.64. The van der Waals surface area contributed by atoms with Crippen LogP contribution in [0.1, 0.15) is 10.5 Å². The van der Waals surface area contributed by atoms with Crippen molar-refractivity contribution in [1.29, 1.82) is 0 Å². The molecule has 0 fully saturated rings. The maximum Gasteiger partial charge on any atom is 0.277 e. The molecule has 1 amide bonds. The smallest absolute Gasteiger partial charge is 0.277 e. The maximum absolute atomic E-state index is 13.1. The lowest BCUT2D eigenvalue weighted by Gasteiger charge is -2.06. The van der Waals surface area contributed by atoms with Crippen molar-refractivity contribution in [3.05, 3.63) is 70.3 Å². The van der Waals surface area contributed by atoms with Gasteiger partial charge in [-0.25, -0.2) is 14.1 Å². The number of nitrogens with zero attached hydrogens (tertiary/aromatic N) is 3. The quantitative estimate of drug-likeness (QED) is 0.725. The monoisotopic (exact) mass is 380 g/mol. The normalized spacial score (nSPS) is 10.5. The molecule has 0 aliphatic heterocycles. The summed E-state index contributed by atoms with van der Waals surface area (Å²) in [6, 6.07) is 8.75. The van der Waals surface area contributed by atoms with Crippen LogP contribution in [-0.2, 0) is 6.73 Å². The van der Waals surface area contributed by atoms with Crippen LogP contribution in [0.25, 0.3) is 0 Å². The summed E-state index contributed by atoms with van der Waals surface area (Å²) in [6.07, 6.45) is 3.01. The summed E-state index contributed by atoms with van der Waals surface area (Å²) < 4.78 is 20.0. The molecular weight excluding hydrogens is 370 g/mol. The molecule has 3 aromatic rings. The predicted octanol–water partition coefficient (Wildman–Crippen LogP) is 4.01. The molecule has 9 heteroatoms. The molecule has 0 radical (unpaired) electrons. The Labute approximate surface area is 152 Å². The summed E-state index contributed by atoms with van der Waals surface area (Å²) in [5.41, 5.74) is 0.192. The number of amides is 1. The second-order valence-electron chi connectivity index (χ2n) is 4.91. The Bertz CT molecular complexity index is 899. The second kappa shape index (κ2) is 7.50. The minimum absolute atomic E-state index is 0.0338. The highest BCUT2D eigenvalue weighted by Crippen LogP contribution is 2.21. The number of halogens is 3. The summed E-state index contributed by atoms with van der Waals surface area (Å²) in [5, 5.41) is 7.14. The number of benzene rings is 1. The van der Waals surface area contributed by atoms with Crippen molar-refractivity contribution in [1.82, 2.24) is 14.8 Å². The highest BCUT2D eigenvalue weighted by molar-refractivity contribution is 6.31. The number of nitrogens with one attached hydrogen (secondary N) is 1. The van der Waals surface area contributed by atoms with Gasteiger partial charge in [-0.2, -0.15) is 5.10 Å². The molecule has 6 nitrogen and oxygen atoms in total. The third-order valence-corrected chi connectivity index (χ3v) is 3.61. The first kappa shape index (κ1) is 17.2. The van der Waals surface area contributed by atoms with Gasteiger partial charge in [0, 0.05) is 18.5 Å². The van der Waals surface area contributed by atoms with Crippen LogP contribution in [0.15, 0.2) is 48.8 Å². The van der Waals surface area contributed by atoms with Crippen molar-refractivity contribution in [2.75, 3.05) is 5.32 Å². The fraction of sp³-hybridized carbons (Fsp3) is 0.0625. The van der Waals surface area contributed by atoms with E-state index >= 15 is 0 Å². The third kappa shape index (κ3) is 4.46. The fourth-order valence-electron chi connectivity index (χ4n) is 1.89. The SMILES string of the molecule is O=C(Nc1ccc(Cl)cn1)c1ccn(COc2ccc(F)c(Cl)c2)n1. The minimum atomic E-state index is -0.525. The highest BCUT2D eigenvalue weighted by atomic mass is 35.5. The summed E-state index contributed by atoms with van der Waals surface area (Å²) in [4.78, 5) is 16.1. The summed E-state index contributed by atoms with van der Waals surface area (Å²) in [6.45, 7) is 0.0361. The van der Waals surface area contributed by atoms with Gasteiger partial charge in [-0.05, 0) is 30.3 Å². The molecule has 2 heterocycles. The molecule has 0 saturated heterocycles. The lowest BCUT2D eigenvalue weighted by Crippen LogP contribution is -2.15. The zero-order valence-electron chi connectivity index (χ0n) is 12.6. The van der Waals surface area contributed by atoms with Crippen LogP contribution in [0.3, 0.4) is 0 Å². The van der Waals surface area contributed by atoms with Gasteiger partial charge in [0.2, 0.25) is 0 Å². The van der Waals surface area contributed by atoms with Crippen molar-refractivity contribution in [2.45, 2.75) is 6.73 Å². The first-order chi connectivity index (χ1) is 12.0. The molecule has 0 spiro atoms. The number of anilines is 1. The first-order valence-corrected chi connectivity index (χ1v) is 7.81. The first-order valence-electron chi connectivity index (χ1n) is 7.05. The second-order valence-corrected chi connectivity index (χ2v) is 5.75. The van der Waals surface area contributed by atoms with Gasteiger partial charge in [-0.3, -0.25) is 4.79 Å². The number of rotatable bonds is 5. The Balaban J connectivity index is 1.60. The Morgan fingerprint density at radius 2 is 2.08 bits per heavy atom. The Kier molecular flexibility index (Phi) is 5.16. The van der Waals surface area contributed by atoms with Crippen molar-refractivity contribution in [3.8, 4) is 5.75 Å². The van der Waals surface area contributed by atoms with E-state index in [1.54, 1.807) is 18.3 Å². The van der Waals surface area contributed by atoms with Crippen LogP contribution >= 0.6 is 23.2 Å². The Morgan fingerprint density at radius 3 is 2.80 bits per heavy atom. The Morgan fingerprint density at radius 1 is 1.24 bits per heavy atom. The van der Waals surface area contributed by atoms with Crippen LogP contribution in [0.4, 0.5) is 10.2 Å². The third-order valence-electron chi connectivity index (χ3n) is 3.10. The van der Waals surface area contributed by atoms with E-state index in [-0.39, 0.29) is 17.4 Å². The van der Waals surface area contributed by atoms with Crippen LogP contribution in [0.2, 0.25) is 10.0 Å². The minimum Gasteiger partial charge on any atom is -0.471 e. The summed E-state index contributed by atoms with van der Waals surface area (Å²) >= 11 is 11.4. The molecule has 1 N–H and O–H groups in total. The van der Waals surface area contributed by atoms with E-state index < -0.39 is 11.7 Å². The van der Waals surface area contributed by atoms with Crippen LogP contribution in [0, 0.1) is 5.82 Å². The maximum atomic E-state index is 13.1. The number of hydrogen-bond donors (Lipinski definition) is 1. The molecule has 0 unspecified atom stereocenters. The average Bonchev–Trinajstić information content (AvgIpc) is 3.07. The number of carbonyl (C=O) groups is 1. The van der Waals surface area contributed by atoms with Gasteiger partial charge >= 0.3 is 0 Å². The summed E-state index contributed by atoms with van der Waals surface area (Å²) in [5.74, 6) is -0.194. The van der Waals surface area contributed by atoms with E-state index in [1.165, 1.54) is 35.1 Å². The van der Waals surface area contributed by atoms with E-state index in [0.29, 0.717) is 16.6 Å². The van der Waals surface area contributed by atoms with Crippen molar-refractivity contribution in [2.24, 2.45) is 0 Å². The molecule has 0 saturated carbocycles. The highest BCUT2D eigenvalue weighted by Gasteiger charge is 2.11. The molecule has 3 rings (SSSR count). The van der Waals surface area contributed by atoms with E-state index in [9.17, 15) is 9.18 Å². The topological polar surface area (TPSA) is 69.0 Å². The fourth-order valence-corrected chi connectivity index (χ4v) is 2.17. The molecule has 128 valence electrons. The van der Waals surface area contributed by atoms with Crippen molar-refractivity contribution >= 4 is 34.9 Å². The average molecular weight is 381 g/mol. The van der Waals surface area contributed by atoms with Gasteiger partial charge in [-0.15, -0.1) is 0 Å². The molecular formula is C16H11Cl2FN4O2. The number of ether oxygens (including phenoxy) is 1. The number of pyridine rings is 1. The van der Waals surface area contributed by atoms with Crippen molar-refractivity contribution < 1.29 is 13.9 Å². The molecule has 2 aromatic heterocycles. The van der Waals surface area contributed by atoms with E-state index in [4.69, 9.17) is 27.9 Å². The van der Waals surface area contributed by atoms with Gasteiger partial charge < -0.3 is 10.1 Å². The predicted molar refractivity (Wildman–Crippen MR) is 91.5 cm³/mol. The zero-order valence-corrected chi connectivity index (χ0v) is 14.1. The lowest BCUT2D eigenvalue weighted by molar-refractivity contribution is 0.102. The molecule has 0 aliphatic carbocycles. The van der Waals surface area contributed by atoms with Gasteiger partial charge in [0.05, 0.1) is 10.0 Å². The largest absolute Gasteiger partial charge is 0.471 e. The van der Waals surface area contributed by atoms with Gasteiger partial charge in [-0.1, -0.05) is 23.2 Å². The lowest BCUT2D eigenvalue weighted by atomic mass is 10.3. The van der Waals surface area contributed by atoms with Crippen LogP contribution in [0.5, 0.6) is 5.75 Å². The molecule has 25 heavy (non-hydrogen) atoms. The van der Waals surface area contributed by atoms with Crippen LogP contribution in [-0.4, -0.2) is 20.7 Å². The number of hydrogen-bond acceptors (Lipinski definition) is 4. The van der Waals surface area contributed by atoms with Gasteiger partial charge in [0.15, 0.2) is 12.4 Å². The molecule has 0 bridgehead atoms. The van der Waals surface area contributed by atoms with Gasteiger partial charge in [0.25, 0.3) is 5.91 Å². The van der Waals surface area contributed by atoms with E-state index in [2.05, 4.69) is 15.4 Å². The zero-order chi connectivity index (χ0) is 17.8. The molecule has 0 atom stereocenters. The summed E-state index contributed by atoms with van der Waals surface area (Å²) in [7, 11) is 0. The van der Waals surface area contributed by atoms with Gasteiger partial charge in [0.1, 0.15) is 17.4 Å².